The lowest BCUT2D eigenvalue weighted by molar-refractivity contribution is -0.136. The average molecular weight is 295 g/mol. The second kappa shape index (κ2) is 10.8. The number of likely N-dealkylation sites (tertiary alicyclic amines) is 1. The maximum absolute atomic E-state index is 11.9. The molecule has 1 aliphatic heterocycles. The molecule has 0 aromatic carbocycles. The van der Waals surface area contributed by atoms with Crippen LogP contribution < -0.4 is 0 Å². The summed E-state index contributed by atoms with van der Waals surface area (Å²) < 4.78 is 0. The summed E-state index contributed by atoms with van der Waals surface area (Å²) in [6.07, 6.45) is 13.9. The fourth-order valence-corrected chi connectivity index (χ4v) is 3.13. The van der Waals surface area contributed by atoms with Crippen molar-refractivity contribution in [2.45, 2.75) is 84.5 Å². The van der Waals surface area contributed by atoms with E-state index in [0.29, 0.717) is 0 Å². The van der Waals surface area contributed by atoms with Gasteiger partial charge in [-0.2, -0.15) is 0 Å². The molecule has 1 saturated heterocycles. The number of carbonyl (C=O) groups is 2. The molecule has 1 fully saturated rings. The molecule has 1 atom stereocenters. The molecule has 3 heteroatoms. The molecular weight excluding hydrogens is 262 g/mol. The number of amides is 1. The van der Waals surface area contributed by atoms with Gasteiger partial charge < -0.3 is 4.90 Å². The van der Waals surface area contributed by atoms with Crippen molar-refractivity contribution in [1.29, 1.82) is 0 Å². The minimum absolute atomic E-state index is 0.0329. The smallest absolute Gasteiger partial charge is 0.233 e. The molecule has 0 bridgehead atoms. The number of ketones is 1. The minimum atomic E-state index is -0.340. The van der Waals surface area contributed by atoms with Crippen LogP contribution in [0, 0.1) is 5.92 Å². The Morgan fingerprint density at radius 1 is 1.00 bits per heavy atom. The van der Waals surface area contributed by atoms with Crippen molar-refractivity contribution in [3.05, 3.63) is 0 Å². The van der Waals surface area contributed by atoms with Crippen LogP contribution in [0.1, 0.15) is 84.5 Å². The van der Waals surface area contributed by atoms with Crippen molar-refractivity contribution in [2.24, 2.45) is 5.92 Å². The Bertz CT molecular complexity index is 314. The van der Waals surface area contributed by atoms with Crippen molar-refractivity contribution >= 4 is 11.7 Å². The van der Waals surface area contributed by atoms with Gasteiger partial charge in [0, 0.05) is 13.1 Å². The van der Waals surface area contributed by atoms with Gasteiger partial charge in [-0.15, -0.1) is 0 Å². The van der Waals surface area contributed by atoms with E-state index >= 15 is 0 Å². The van der Waals surface area contributed by atoms with Crippen LogP contribution in [0.2, 0.25) is 0 Å². The Labute approximate surface area is 130 Å². The lowest BCUT2D eigenvalue weighted by Crippen LogP contribution is -2.30. The number of rotatable bonds is 12. The van der Waals surface area contributed by atoms with Gasteiger partial charge in [-0.1, -0.05) is 64.7 Å². The van der Waals surface area contributed by atoms with Crippen LogP contribution in [0.3, 0.4) is 0 Å². The third kappa shape index (κ3) is 7.10. The molecule has 0 aliphatic carbocycles. The SMILES string of the molecule is CCCCCCCCCCCCN1CCC(C(C)=O)C1=O. The zero-order chi connectivity index (χ0) is 15.5. The van der Waals surface area contributed by atoms with E-state index in [1.54, 1.807) is 0 Å². The van der Waals surface area contributed by atoms with Gasteiger partial charge in [0.15, 0.2) is 0 Å². The highest BCUT2D eigenvalue weighted by molar-refractivity contribution is 6.01. The first-order valence-electron chi connectivity index (χ1n) is 8.96. The first-order chi connectivity index (χ1) is 10.2. The molecule has 3 nitrogen and oxygen atoms in total. The highest BCUT2D eigenvalue weighted by Gasteiger charge is 2.33. The molecule has 0 saturated carbocycles. The normalized spacial score (nSPS) is 18.5. The molecule has 1 heterocycles. The van der Waals surface area contributed by atoms with E-state index in [1.807, 2.05) is 4.90 Å². The predicted molar refractivity (Wildman–Crippen MR) is 87.2 cm³/mol. The zero-order valence-electron chi connectivity index (χ0n) is 14.0. The van der Waals surface area contributed by atoms with Gasteiger partial charge in [-0.3, -0.25) is 9.59 Å². The molecule has 0 N–H and O–H groups in total. The van der Waals surface area contributed by atoms with E-state index in [-0.39, 0.29) is 17.6 Å². The standard InChI is InChI=1S/C18H33NO2/c1-3-4-5-6-7-8-9-10-11-12-14-19-15-13-17(16(2)20)18(19)21/h17H,3-15H2,1-2H3. The lowest BCUT2D eigenvalue weighted by atomic mass is 10.0. The molecule has 0 aromatic heterocycles. The molecule has 1 unspecified atom stereocenters. The molecule has 1 rings (SSSR count). The zero-order valence-corrected chi connectivity index (χ0v) is 14.0. The monoisotopic (exact) mass is 295 g/mol. The highest BCUT2D eigenvalue weighted by Crippen LogP contribution is 2.19. The number of nitrogens with zero attached hydrogens (tertiary/aromatic N) is 1. The van der Waals surface area contributed by atoms with Gasteiger partial charge in [0.1, 0.15) is 5.78 Å². The van der Waals surface area contributed by atoms with Crippen LogP contribution >= 0.6 is 0 Å². The Morgan fingerprint density at radius 2 is 1.52 bits per heavy atom. The summed E-state index contributed by atoms with van der Waals surface area (Å²) in [5.74, 6) is -0.239. The van der Waals surface area contributed by atoms with Crippen molar-refractivity contribution in [3.8, 4) is 0 Å². The fraction of sp³-hybridized carbons (Fsp3) is 0.889. The Kier molecular flexibility index (Phi) is 9.36. The molecule has 0 aromatic rings. The van der Waals surface area contributed by atoms with E-state index in [0.717, 1.165) is 25.9 Å². The second-order valence-electron chi connectivity index (χ2n) is 6.46. The summed E-state index contributed by atoms with van der Waals surface area (Å²) in [5.41, 5.74) is 0. The summed E-state index contributed by atoms with van der Waals surface area (Å²) in [6.45, 7) is 5.41. The van der Waals surface area contributed by atoms with Gasteiger partial charge in [-0.05, 0) is 19.8 Å². The maximum atomic E-state index is 11.9. The third-order valence-corrected chi connectivity index (χ3v) is 4.57. The van der Waals surface area contributed by atoms with Crippen molar-refractivity contribution in [3.63, 3.8) is 0 Å². The molecule has 1 aliphatic rings. The van der Waals surface area contributed by atoms with Crippen LogP contribution in [0.4, 0.5) is 0 Å². The van der Waals surface area contributed by atoms with Crippen LogP contribution in [-0.2, 0) is 9.59 Å². The lowest BCUT2D eigenvalue weighted by Gasteiger charge is -2.15. The van der Waals surface area contributed by atoms with Gasteiger partial charge >= 0.3 is 0 Å². The van der Waals surface area contributed by atoms with Gasteiger partial charge in [-0.25, -0.2) is 0 Å². The van der Waals surface area contributed by atoms with Crippen LogP contribution in [0.15, 0.2) is 0 Å². The molecule has 0 spiro atoms. The number of Topliss-reactive ketones (excluding diaryl/α,β-unsaturated/α-hetero) is 1. The van der Waals surface area contributed by atoms with Crippen LogP contribution in [0.25, 0.3) is 0 Å². The fourth-order valence-electron chi connectivity index (χ4n) is 3.13. The van der Waals surface area contributed by atoms with Crippen molar-refractivity contribution < 1.29 is 9.59 Å². The van der Waals surface area contributed by atoms with Gasteiger partial charge in [0.2, 0.25) is 5.91 Å². The highest BCUT2D eigenvalue weighted by atomic mass is 16.2. The third-order valence-electron chi connectivity index (χ3n) is 4.57. The van der Waals surface area contributed by atoms with Crippen molar-refractivity contribution in [1.82, 2.24) is 4.90 Å². The number of carbonyl (C=O) groups excluding carboxylic acids is 2. The number of hydrogen-bond acceptors (Lipinski definition) is 2. The Hall–Kier alpha value is -0.860. The largest absolute Gasteiger partial charge is 0.342 e. The van der Waals surface area contributed by atoms with Gasteiger partial charge in [0.25, 0.3) is 0 Å². The molecule has 1 amide bonds. The maximum Gasteiger partial charge on any atom is 0.233 e. The minimum Gasteiger partial charge on any atom is -0.342 e. The summed E-state index contributed by atoms with van der Waals surface area (Å²) in [7, 11) is 0. The Balaban J connectivity index is 1.93. The second-order valence-corrected chi connectivity index (χ2v) is 6.46. The topological polar surface area (TPSA) is 37.4 Å². The van der Waals surface area contributed by atoms with E-state index in [1.165, 1.54) is 64.7 Å². The van der Waals surface area contributed by atoms with Crippen molar-refractivity contribution in [2.75, 3.05) is 13.1 Å². The van der Waals surface area contributed by atoms with Crippen LogP contribution in [0.5, 0.6) is 0 Å². The average Bonchev–Trinajstić information content (AvgIpc) is 2.82. The van der Waals surface area contributed by atoms with Gasteiger partial charge in [0.05, 0.1) is 5.92 Å². The van der Waals surface area contributed by atoms with E-state index in [4.69, 9.17) is 0 Å². The summed E-state index contributed by atoms with van der Waals surface area (Å²) >= 11 is 0. The van der Waals surface area contributed by atoms with E-state index in [9.17, 15) is 9.59 Å². The summed E-state index contributed by atoms with van der Waals surface area (Å²) in [6, 6.07) is 0. The molecular formula is C18H33NO2. The van der Waals surface area contributed by atoms with Crippen LogP contribution in [-0.4, -0.2) is 29.7 Å². The summed E-state index contributed by atoms with van der Waals surface area (Å²) in [5, 5.41) is 0. The predicted octanol–water partition coefficient (Wildman–Crippen LogP) is 4.34. The molecule has 0 radical (unpaired) electrons. The first kappa shape index (κ1) is 18.2. The summed E-state index contributed by atoms with van der Waals surface area (Å²) in [4.78, 5) is 25.1. The first-order valence-corrected chi connectivity index (χ1v) is 8.96. The Morgan fingerprint density at radius 3 is 2.00 bits per heavy atom. The molecule has 122 valence electrons. The van der Waals surface area contributed by atoms with E-state index in [2.05, 4.69) is 6.92 Å². The van der Waals surface area contributed by atoms with E-state index < -0.39 is 0 Å². The molecule has 21 heavy (non-hydrogen) atoms. The number of hydrogen-bond donors (Lipinski definition) is 0. The quantitative estimate of drug-likeness (QED) is 0.396. The number of unbranched alkanes of at least 4 members (excludes halogenated alkanes) is 9.